The van der Waals surface area contributed by atoms with Gasteiger partial charge in [0.2, 0.25) is 11.8 Å². The third-order valence-corrected chi connectivity index (χ3v) is 21.0. The first-order valence-corrected chi connectivity index (χ1v) is 43.4. The Balaban J connectivity index is 2.28. The SMILES string of the molecule is CCCCCCCCCCCCCCCCC[C@@H](O)CC(=O)N[C@@H]1[C@@H](OC(=O)CCCCCCCCCCCCC)[C@H](O)[C@@H](CO[C@@H]2O[C@H](CO)[C@@H](OP(=O)([O-])O)[C@H](OC(=O)CCCCCCCCCCCCC)[C@H]2NC(=O)C[C@H](O)CCCCCCCCCCCCCCCCC)O[C@@H]1O. The van der Waals surface area contributed by atoms with Gasteiger partial charge < -0.3 is 74.2 Å². The summed E-state index contributed by atoms with van der Waals surface area (Å²) < 4.78 is 47.9. The molecule has 8 N–H and O–H groups in total. The molecule has 20 nitrogen and oxygen atoms in total. The summed E-state index contributed by atoms with van der Waals surface area (Å²) in [6, 6.07) is -3.16. The molecule has 2 amide bonds. The highest BCUT2D eigenvalue weighted by Gasteiger charge is 2.53. The summed E-state index contributed by atoms with van der Waals surface area (Å²) >= 11 is 0. The van der Waals surface area contributed by atoms with Crippen molar-refractivity contribution in [3.63, 3.8) is 0 Å². The Morgan fingerprint density at radius 2 is 0.713 bits per heavy atom. The molecule has 0 aliphatic carbocycles. The number of aliphatic hydroxyl groups excluding tert-OH is 5. The Hall–Kier alpha value is -2.33. The fourth-order valence-corrected chi connectivity index (χ4v) is 14.8. The van der Waals surface area contributed by atoms with Crippen molar-refractivity contribution < 1.29 is 87.3 Å². The molecule has 1 unspecified atom stereocenters. The maximum atomic E-state index is 14.1. The van der Waals surface area contributed by atoms with Gasteiger partial charge in [0.05, 0.1) is 38.3 Å². The number of phosphoric acid groups is 1. The van der Waals surface area contributed by atoms with Gasteiger partial charge in [0.1, 0.15) is 36.5 Å². The third kappa shape index (κ3) is 50.0. The maximum absolute atomic E-state index is 14.1. The van der Waals surface area contributed by atoms with E-state index < -0.39 is 125 Å². The highest BCUT2D eigenvalue weighted by Crippen LogP contribution is 2.40. The van der Waals surface area contributed by atoms with Crippen molar-refractivity contribution in [2.75, 3.05) is 13.2 Å². The van der Waals surface area contributed by atoms with Gasteiger partial charge in [-0.05, 0) is 25.7 Å². The van der Waals surface area contributed by atoms with Gasteiger partial charge in [-0.1, -0.05) is 349 Å². The molecule has 0 radical (unpaired) electrons. The molecule has 0 aromatic heterocycles. The van der Waals surface area contributed by atoms with Crippen LogP contribution in [-0.2, 0) is 52.0 Å². The molecule has 0 aromatic rings. The number of unbranched alkanes of at least 4 members (excludes halogenated alkanes) is 48. The molecule has 0 aromatic carbocycles. The number of carbonyl (C=O) groups excluding carboxylic acids is 4. The minimum absolute atomic E-state index is 0.0161. The van der Waals surface area contributed by atoms with Crippen LogP contribution in [0.4, 0.5) is 0 Å². The lowest BCUT2D eigenvalue weighted by Crippen LogP contribution is -2.68. The second kappa shape index (κ2) is 63.7. The van der Waals surface area contributed by atoms with Crippen molar-refractivity contribution in [1.82, 2.24) is 10.6 Å². The quantitative estimate of drug-likeness (QED) is 0.0159. The molecular formula is C80H152N2O18P-. The molecule has 596 valence electrons. The predicted molar refractivity (Wildman–Crippen MR) is 399 cm³/mol. The zero-order valence-corrected chi connectivity index (χ0v) is 65.3. The number of hydrogen-bond acceptors (Lipinski definition) is 17. The lowest BCUT2D eigenvalue weighted by Gasteiger charge is -2.47. The monoisotopic (exact) mass is 1460 g/mol. The molecule has 0 saturated carbocycles. The topological polar surface area (TPSA) is 309 Å². The Morgan fingerprint density at radius 3 is 1.03 bits per heavy atom. The van der Waals surface area contributed by atoms with Crippen molar-refractivity contribution in [1.29, 1.82) is 0 Å². The van der Waals surface area contributed by atoms with Gasteiger partial charge in [0.25, 0.3) is 7.82 Å². The van der Waals surface area contributed by atoms with Crippen LogP contribution in [0.5, 0.6) is 0 Å². The lowest BCUT2D eigenvalue weighted by atomic mass is 9.95. The number of phosphoric ester groups is 1. The third-order valence-electron chi connectivity index (χ3n) is 20.5. The van der Waals surface area contributed by atoms with Crippen LogP contribution in [-0.4, -0.2) is 141 Å². The summed E-state index contributed by atoms with van der Waals surface area (Å²) in [7, 11) is -5.68. The molecule has 2 saturated heterocycles. The number of hydrogen-bond donors (Lipinski definition) is 8. The van der Waals surface area contributed by atoms with Crippen LogP contribution >= 0.6 is 7.82 Å². The van der Waals surface area contributed by atoms with E-state index in [9.17, 15) is 59.1 Å². The van der Waals surface area contributed by atoms with Gasteiger partial charge in [0.15, 0.2) is 24.8 Å². The van der Waals surface area contributed by atoms with E-state index in [-0.39, 0.29) is 19.3 Å². The van der Waals surface area contributed by atoms with Crippen molar-refractivity contribution in [2.24, 2.45) is 0 Å². The highest BCUT2D eigenvalue weighted by atomic mass is 31.2. The Morgan fingerprint density at radius 1 is 0.416 bits per heavy atom. The van der Waals surface area contributed by atoms with Gasteiger partial charge in [-0.3, -0.25) is 23.7 Å². The second-order valence-electron chi connectivity index (χ2n) is 30.0. The average Bonchev–Trinajstić information content (AvgIpc) is 0.785. The van der Waals surface area contributed by atoms with Crippen LogP contribution in [0, 0.1) is 0 Å². The van der Waals surface area contributed by atoms with E-state index in [1.54, 1.807) is 0 Å². The first kappa shape index (κ1) is 94.7. The van der Waals surface area contributed by atoms with Gasteiger partial charge in [-0.25, -0.2) is 0 Å². The van der Waals surface area contributed by atoms with E-state index in [0.717, 1.165) is 103 Å². The zero-order chi connectivity index (χ0) is 73.8. The molecule has 2 heterocycles. The first-order chi connectivity index (χ1) is 49.0. The van der Waals surface area contributed by atoms with Gasteiger partial charge >= 0.3 is 11.9 Å². The summed E-state index contributed by atoms with van der Waals surface area (Å²) in [5.41, 5.74) is 0. The van der Waals surface area contributed by atoms with E-state index in [2.05, 4.69) is 38.3 Å². The summed E-state index contributed by atoms with van der Waals surface area (Å²) in [4.78, 5) is 78.0. The molecule has 101 heavy (non-hydrogen) atoms. The van der Waals surface area contributed by atoms with Crippen molar-refractivity contribution in [3.05, 3.63) is 0 Å². The number of aliphatic hydroxyl groups is 5. The van der Waals surface area contributed by atoms with Gasteiger partial charge in [-0.15, -0.1) is 0 Å². The molecule has 2 aliphatic rings. The summed E-state index contributed by atoms with van der Waals surface area (Å²) in [6.07, 6.45) is 42.0. The molecule has 21 heteroatoms. The maximum Gasteiger partial charge on any atom is 0.306 e. The van der Waals surface area contributed by atoms with Gasteiger partial charge in [0, 0.05) is 12.8 Å². The van der Waals surface area contributed by atoms with E-state index in [4.69, 9.17) is 28.2 Å². The van der Waals surface area contributed by atoms with Crippen molar-refractivity contribution >= 4 is 31.6 Å². The number of amides is 2. The molecule has 0 spiro atoms. The number of nitrogens with one attached hydrogen (secondary N) is 2. The number of carbonyl (C=O) groups is 4. The smallest absolute Gasteiger partial charge is 0.306 e. The standard InChI is InChI=1S/C80H153N2O18P/c1-5-9-13-17-21-25-29-31-33-35-39-41-45-49-53-57-65(84)61-69(86)81-73-77(98-71(88)59-55-51-47-43-37-27-23-19-15-11-7-3)75(90)68(96-79(73)91)64-95-80-74(82-70(87)62-66(85)58-54-50-46-42-40-36-34-32-30-26-22-18-14-10-6-2)78(76(67(63-83)97-80)100-101(92,93)94)99-72(89)60-56-52-48-44-38-28-24-20-16-12-8-4/h65-68,73-80,83-85,90-91H,5-64H2,1-4H3,(H,81,86)(H,82,87)(H2,92,93,94)/p-1/t65-,66-,67-,68-,73-,74-,75-,76-,77-,78-,79+,80-/m1/s1. The number of ether oxygens (including phenoxy) is 5. The highest BCUT2D eigenvalue weighted by molar-refractivity contribution is 7.44. The van der Waals surface area contributed by atoms with Crippen LogP contribution in [0.2, 0.25) is 0 Å². The fraction of sp³-hybridized carbons (Fsp3) is 0.950. The minimum atomic E-state index is -5.68. The minimum Gasteiger partial charge on any atom is -0.756 e. The number of rotatable bonds is 70. The second-order valence-corrected chi connectivity index (χ2v) is 31.2. The summed E-state index contributed by atoms with van der Waals surface area (Å²) in [6.45, 7) is 7.20. The van der Waals surface area contributed by atoms with Crippen LogP contribution in [0.3, 0.4) is 0 Å². The molecule has 2 aliphatic heterocycles. The Labute approximate surface area is 613 Å². The molecule has 13 atom stereocenters. The first-order valence-electron chi connectivity index (χ1n) is 41.9. The van der Waals surface area contributed by atoms with E-state index in [0.29, 0.717) is 44.9 Å². The molecule has 0 bridgehead atoms. The van der Waals surface area contributed by atoms with Crippen LogP contribution < -0.4 is 15.5 Å². The van der Waals surface area contributed by atoms with E-state index in [1.807, 2.05) is 0 Å². The predicted octanol–water partition coefficient (Wildman–Crippen LogP) is 16.9. The molecular weight excluding hydrogens is 1310 g/mol. The zero-order valence-electron chi connectivity index (χ0n) is 64.4. The van der Waals surface area contributed by atoms with Crippen LogP contribution in [0.1, 0.15) is 400 Å². The van der Waals surface area contributed by atoms with Gasteiger partial charge in [-0.2, -0.15) is 0 Å². The Bertz CT molecular complexity index is 2020. The molecule has 2 fully saturated rings. The van der Waals surface area contributed by atoms with E-state index in [1.165, 1.54) is 199 Å². The number of esters is 2. The average molecular weight is 1460 g/mol. The van der Waals surface area contributed by atoms with Crippen LogP contribution in [0.25, 0.3) is 0 Å². The normalized spacial score (nSPS) is 22.0. The summed E-state index contributed by atoms with van der Waals surface area (Å²) in [5, 5.41) is 62.2. The largest absolute Gasteiger partial charge is 0.756 e. The Kier molecular flexibility index (Phi) is 59.8. The lowest BCUT2D eigenvalue weighted by molar-refractivity contribution is -0.304. The fourth-order valence-electron chi connectivity index (χ4n) is 14.2. The van der Waals surface area contributed by atoms with Crippen molar-refractivity contribution in [2.45, 2.75) is 474 Å². The van der Waals surface area contributed by atoms with Crippen LogP contribution in [0.15, 0.2) is 0 Å². The molecule has 2 rings (SSSR count). The van der Waals surface area contributed by atoms with Crippen molar-refractivity contribution in [3.8, 4) is 0 Å². The van der Waals surface area contributed by atoms with E-state index >= 15 is 0 Å². The summed E-state index contributed by atoms with van der Waals surface area (Å²) in [5.74, 6) is -2.94.